The van der Waals surface area contributed by atoms with Crippen molar-refractivity contribution >= 4 is 11.4 Å². The van der Waals surface area contributed by atoms with E-state index in [1.165, 1.54) is 40.7 Å². The number of benzene rings is 1. The SMILES string of the molecule is COc1cc(N=Nc2ccc(OC)[n+]([O-])c2)cc(OC)c1OC. The van der Waals surface area contributed by atoms with Crippen LogP contribution in [-0.2, 0) is 0 Å². The highest BCUT2D eigenvalue weighted by Gasteiger charge is 2.13. The Kier molecular flexibility index (Phi) is 5.19. The zero-order chi connectivity index (χ0) is 16.8. The van der Waals surface area contributed by atoms with E-state index in [-0.39, 0.29) is 5.88 Å². The van der Waals surface area contributed by atoms with Gasteiger partial charge in [-0.15, -0.1) is 9.84 Å². The molecule has 1 heterocycles. The van der Waals surface area contributed by atoms with Gasteiger partial charge < -0.3 is 24.2 Å². The summed E-state index contributed by atoms with van der Waals surface area (Å²) in [6, 6.07) is 6.44. The first kappa shape index (κ1) is 16.3. The zero-order valence-corrected chi connectivity index (χ0v) is 13.3. The van der Waals surface area contributed by atoms with Gasteiger partial charge in [0.05, 0.1) is 40.2 Å². The highest BCUT2D eigenvalue weighted by atomic mass is 16.5. The van der Waals surface area contributed by atoms with Crippen LogP contribution >= 0.6 is 0 Å². The minimum absolute atomic E-state index is 0.178. The summed E-state index contributed by atoms with van der Waals surface area (Å²) in [5, 5.41) is 19.7. The van der Waals surface area contributed by atoms with E-state index in [0.29, 0.717) is 33.4 Å². The van der Waals surface area contributed by atoms with Crippen molar-refractivity contribution in [2.24, 2.45) is 10.2 Å². The lowest BCUT2D eigenvalue weighted by Crippen LogP contribution is -2.27. The van der Waals surface area contributed by atoms with Gasteiger partial charge in [0.2, 0.25) is 11.9 Å². The average molecular weight is 319 g/mol. The highest BCUT2D eigenvalue weighted by Crippen LogP contribution is 2.41. The lowest BCUT2D eigenvalue weighted by molar-refractivity contribution is -0.611. The molecule has 8 heteroatoms. The number of azo groups is 1. The fourth-order valence-electron chi connectivity index (χ4n) is 1.91. The Morgan fingerprint density at radius 1 is 0.826 bits per heavy atom. The fourth-order valence-corrected chi connectivity index (χ4v) is 1.91. The van der Waals surface area contributed by atoms with E-state index in [0.717, 1.165) is 0 Å². The van der Waals surface area contributed by atoms with Crippen molar-refractivity contribution in [3.05, 3.63) is 35.7 Å². The Hall–Kier alpha value is -3.03. The number of ether oxygens (including phenoxy) is 4. The molecule has 0 bridgehead atoms. The molecule has 1 aromatic carbocycles. The van der Waals surface area contributed by atoms with Crippen LogP contribution in [0.25, 0.3) is 0 Å². The van der Waals surface area contributed by atoms with Crippen LogP contribution in [0.5, 0.6) is 23.1 Å². The number of methoxy groups -OCH3 is 4. The van der Waals surface area contributed by atoms with Gasteiger partial charge in [-0.25, -0.2) is 0 Å². The Labute approximate surface area is 133 Å². The van der Waals surface area contributed by atoms with Gasteiger partial charge in [-0.3, -0.25) is 0 Å². The summed E-state index contributed by atoms with van der Waals surface area (Å²) in [5.74, 6) is 1.58. The zero-order valence-electron chi connectivity index (χ0n) is 13.3. The normalized spacial score (nSPS) is 10.6. The van der Waals surface area contributed by atoms with Crippen molar-refractivity contribution in [1.82, 2.24) is 0 Å². The van der Waals surface area contributed by atoms with E-state index < -0.39 is 0 Å². The average Bonchev–Trinajstić information content (AvgIpc) is 2.58. The molecule has 2 aromatic rings. The number of hydrogen-bond donors (Lipinski definition) is 0. The largest absolute Gasteiger partial charge is 0.616 e. The molecule has 122 valence electrons. The van der Waals surface area contributed by atoms with Gasteiger partial charge in [-0.05, 0) is 6.07 Å². The number of pyridine rings is 1. The Morgan fingerprint density at radius 2 is 1.43 bits per heavy atom. The molecule has 8 nitrogen and oxygen atoms in total. The molecule has 0 amide bonds. The molecule has 0 atom stereocenters. The highest BCUT2D eigenvalue weighted by molar-refractivity contribution is 5.60. The first-order valence-corrected chi connectivity index (χ1v) is 6.62. The summed E-state index contributed by atoms with van der Waals surface area (Å²) < 4.78 is 21.2. The molecule has 0 spiro atoms. The summed E-state index contributed by atoms with van der Waals surface area (Å²) in [7, 11) is 5.97. The second-order valence-electron chi connectivity index (χ2n) is 4.34. The molecule has 0 fully saturated rings. The quantitative estimate of drug-likeness (QED) is 0.464. The van der Waals surface area contributed by atoms with E-state index in [1.54, 1.807) is 18.2 Å². The molecular weight excluding hydrogens is 302 g/mol. The maximum atomic E-state index is 11.6. The second-order valence-corrected chi connectivity index (χ2v) is 4.34. The summed E-state index contributed by atoms with van der Waals surface area (Å²) in [4.78, 5) is 0. The van der Waals surface area contributed by atoms with Crippen LogP contribution in [-0.4, -0.2) is 28.4 Å². The minimum Gasteiger partial charge on any atom is -0.616 e. The molecule has 1 aromatic heterocycles. The van der Waals surface area contributed by atoms with Gasteiger partial charge in [0.15, 0.2) is 17.2 Å². The molecule has 0 aliphatic rings. The Balaban J connectivity index is 2.34. The van der Waals surface area contributed by atoms with Crippen LogP contribution in [0.2, 0.25) is 0 Å². The van der Waals surface area contributed by atoms with Crippen LogP contribution in [0.3, 0.4) is 0 Å². The predicted octanol–water partition coefficient (Wildman–Crippen LogP) is 2.77. The molecule has 0 saturated carbocycles. The summed E-state index contributed by atoms with van der Waals surface area (Å²) in [5.41, 5.74) is 0.877. The molecule has 0 saturated heterocycles. The van der Waals surface area contributed by atoms with Gasteiger partial charge in [0.25, 0.3) is 0 Å². The van der Waals surface area contributed by atoms with Crippen LogP contribution in [0, 0.1) is 5.21 Å². The Bertz CT molecular complexity index is 693. The first-order valence-electron chi connectivity index (χ1n) is 6.62. The monoisotopic (exact) mass is 319 g/mol. The lowest BCUT2D eigenvalue weighted by Gasteiger charge is -2.12. The van der Waals surface area contributed by atoms with Gasteiger partial charge in [0.1, 0.15) is 0 Å². The predicted molar refractivity (Wildman–Crippen MR) is 82.2 cm³/mol. The maximum Gasteiger partial charge on any atom is 0.379 e. The summed E-state index contributed by atoms with van der Waals surface area (Å²) >= 11 is 0. The van der Waals surface area contributed by atoms with Gasteiger partial charge in [-0.2, -0.15) is 5.11 Å². The molecule has 0 aliphatic carbocycles. The number of aromatic nitrogens is 1. The van der Waals surface area contributed by atoms with Crippen molar-refractivity contribution in [3.63, 3.8) is 0 Å². The van der Waals surface area contributed by atoms with E-state index in [4.69, 9.17) is 18.9 Å². The van der Waals surface area contributed by atoms with Crippen LogP contribution in [0.4, 0.5) is 11.4 Å². The minimum atomic E-state index is 0.178. The van der Waals surface area contributed by atoms with Crippen LogP contribution < -0.4 is 23.7 Å². The van der Waals surface area contributed by atoms with Crippen molar-refractivity contribution in [2.75, 3.05) is 28.4 Å². The van der Waals surface area contributed by atoms with E-state index in [2.05, 4.69) is 10.2 Å². The van der Waals surface area contributed by atoms with E-state index in [1.807, 2.05) is 0 Å². The molecule has 23 heavy (non-hydrogen) atoms. The number of nitrogens with zero attached hydrogens (tertiary/aromatic N) is 3. The molecule has 2 rings (SSSR count). The van der Waals surface area contributed by atoms with Crippen molar-refractivity contribution in [1.29, 1.82) is 0 Å². The number of hydrogen-bond acceptors (Lipinski definition) is 7. The van der Waals surface area contributed by atoms with Crippen molar-refractivity contribution < 1.29 is 23.7 Å². The third kappa shape index (κ3) is 3.60. The van der Waals surface area contributed by atoms with E-state index in [9.17, 15) is 5.21 Å². The standard InChI is InChI=1S/C15H17N3O5/c1-20-12-7-11(8-13(21-2)15(12)23-4)17-16-10-5-6-14(22-3)18(19)9-10/h5-9H,1-4H3. The molecule has 0 aliphatic heterocycles. The molecular formula is C15H17N3O5. The molecule has 0 unspecified atom stereocenters. The topological polar surface area (TPSA) is 88.6 Å². The molecule has 0 N–H and O–H groups in total. The van der Waals surface area contributed by atoms with Gasteiger partial charge >= 0.3 is 5.88 Å². The fraction of sp³-hybridized carbons (Fsp3) is 0.267. The molecule has 0 radical (unpaired) electrons. The lowest BCUT2D eigenvalue weighted by atomic mass is 10.2. The second kappa shape index (κ2) is 7.30. The van der Waals surface area contributed by atoms with Crippen molar-refractivity contribution in [2.45, 2.75) is 0 Å². The van der Waals surface area contributed by atoms with Crippen LogP contribution in [0.1, 0.15) is 0 Å². The third-order valence-corrected chi connectivity index (χ3v) is 3.00. The van der Waals surface area contributed by atoms with Gasteiger partial charge in [-0.1, -0.05) is 0 Å². The van der Waals surface area contributed by atoms with Crippen molar-refractivity contribution in [3.8, 4) is 23.1 Å². The smallest absolute Gasteiger partial charge is 0.379 e. The van der Waals surface area contributed by atoms with Gasteiger partial charge in [0, 0.05) is 12.1 Å². The first-order chi connectivity index (χ1) is 11.1. The third-order valence-electron chi connectivity index (χ3n) is 3.00. The Morgan fingerprint density at radius 3 is 1.91 bits per heavy atom. The maximum absolute atomic E-state index is 11.6. The number of rotatable bonds is 6. The van der Waals surface area contributed by atoms with E-state index >= 15 is 0 Å². The summed E-state index contributed by atoms with van der Waals surface area (Å²) in [6.45, 7) is 0. The summed E-state index contributed by atoms with van der Waals surface area (Å²) in [6.07, 6.45) is 1.26. The van der Waals surface area contributed by atoms with Crippen LogP contribution in [0.15, 0.2) is 40.7 Å².